The van der Waals surface area contributed by atoms with Crippen molar-refractivity contribution in [3.05, 3.63) is 105 Å². The highest BCUT2D eigenvalue weighted by atomic mass is 32.1. The molecule has 252 valence electrons. The molecular formula is C38H24F6N2O2S2. The molecule has 0 atom stereocenters. The van der Waals surface area contributed by atoms with Crippen molar-refractivity contribution in [1.82, 2.24) is 9.97 Å². The summed E-state index contributed by atoms with van der Waals surface area (Å²) < 4.78 is 107. The molecule has 0 N–H and O–H groups in total. The van der Waals surface area contributed by atoms with Gasteiger partial charge in [-0.3, -0.25) is 4.98 Å². The molecule has 0 amide bonds. The van der Waals surface area contributed by atoms with Crippen molar-refractivity contribution < 1.29 is 35.8 Å². The maximum atomic E-state index is 16.1. The Morgan fingerprint density at radius 3 is 1.92 bits per heavy atom. The smallest absolute Gasteiger partial charge is 0.346 e. The Labute approximate surface area is 288 Å². The number of fused-ring (bicyclic) bond motifs is 5. The van der Waals surface area contributed by atoms with Gasteiger partial charge in [0.2, 0.25) is 0 Å². The minimum atomic E-state index is -5.68. The molecule has 9 rings (SSSR count). The third kappa shape index (κ3) is 4.31. The molecule has 3 aromatic carbocycles. The summed E-state index contributed by atoms with van der Waals surface area (Å²) in [6.45, 7) is 3.74. The maximum absolute atomic E-state index is 16.1. The van der Waals surface area contributed by atoms with Crippen molar-refractivity contribution in [1.29, 1.82) is 0 Å². The SMILES string of the molecule is Cc1sc2cc(-c3ccc4ccc5cccnc5c4n3)ccc2c1C1=C(c2c(C)sc3cc(C4OCCO4)ccc23)C(F)(F)C(F)(F)C1(F)F. The Bertz CT molecular complexity index is 2590. The number of aromatic nitrogens is 2. The van der Waals surface area contributed by atoms with E-state index in [4.69, 9.17) is 14.5 Å². The number of hydrogen-bond donors (Lipinski definition) is 0. The average molecular weight is 719 g/mol. The van der Waals surface area contributed by atoms with Crippen LogP contribution in [0.3, 0.4) is 0 Å². The predicted molar refractivity (Wildman–Crippen MR) is 185 cm³/mol. The lowest BCUT2D eigenvalue weighted by Gasteiger charge is -2.26. The van der Waals surface area contributed by atoms with Gasteiger partial charge in [0.25, 0.3) is 0 Å². The summed E-state index contributed by atoms with van der Waals surface area (Å²) in [5.41, 5.74) is -0.0546. The zero-order valence-corrected chi connectivity index (χ0v) is 27.9. The zero-order chi connectivity index (χ0) is 34.7. The zero-order valence-electron chi connectivity index (χ0n) is 26.3. The Morgan fingerprint density at radius 1 is 0.680 bits per heavy atom. The second kappa shape index (κ2) is 10.8. The van der Waals surface area contributed by atoms with E-state index in [1.54, 1.807) is 30.5 Å². The van der Waals surface area contributed by atoms with Crippen LogP contribution in [0.2, 0.25) is 0 Å². The molecule has 1 fully saturated rings. The van der Waals surface area contributed by atoms with Gasteiger partial charge in [0.05, 0.1) is 29.9 Å². The van der Waals surface area contributed by atoms with Gasteiger partial charge in [-0.25, -0.2) is 4.98 Å². The van der Waals surface area contributed by atoms with Gasteiger partial charge in [0, 0.05) is 80.3 Å². The second-order valence-electron chi connectivity index (χ2n) is 12.5. The quantitative estimate of drug-likeness (QED) is 0.134. The normalized spacial score (nSPS) is 18.8. The Balaban J connectivity index is 1.24. The number of aryl methyl sites for hydroxylation is 2. The Kier molecular flexibility index (Phi) is 6.84. The molecule has 4 aromatic heterocycles. The fraction of sp³-hybridized carbons (Fsp3) is 0.211. The lowest BCUT2D eigenvalue weighted by Crippen LogP contribution is -2.48. The van der Waals surface area contributed by atoms with Crippen LogP contribution in [-0.4, -0.2) is 40.9 Å². The van der Waals surface area contributed by atoms with Crippen molar-refractivity contribution in [2.24, 2.45) is 0 Å². The number of hydrogen-bond acceptors (Lipinski definition) is 6. The van der Waals surface area contributed by atoms with Gasteiger partial charge in [-0.15, -0.1) is 22.7 Å². The number of thiophene rings is 2. The summed E-state index contributed by atoms with van der Waals surface area (Å²) in [6, 6.07) is 21.1. The van der Waals surface area contributed by atoms with Crippen molar-refractivity contribution in [2.75, 3.05) is 13.2 Å². The fourth-order valence-corrected chi connectivity index (χ4v) is 9.44. The summed E-state index contributed by atoms with van der Waals surface area (Å²) in [5.74, 6) is -16.0. The minimum absolute atomic E-state index is 0.179. The molecule has 1 saturated heterocycles. The van der Waals surface area contributed by atoms with Crippen LogP contribution in [0.5, 0.6) is 0 Å². The Morgan fingerprint density at radius 2 is 1.26 bits per heavy atom. The fourth-order valence-electron chi connectivity index (χ4n) is 7.21. The van der Waals surface area contributed by atoms with Crippen LogP contribution in [0.15, 0.2) is 79.0 Å². The molecule has 0 saturated carbocycles. The second-order valence-corrected chi connectivity index (χ2v) is 15.0. The van der Waals surface area contributed by atoms with E-state index in [0.717, 1.165) is 39.0 Å². The molecule has 0 radical (unpaired) electrons. The summed E-state index contributed by atoms with van der Waals surface area (Å²) in [4.78, 5) is 9.79. The predicted octanol–water partition coefficient (Wildman–Crippen LogP) is 11.4. The standard InChI is InChI=1S/C38H24F6N2O2S2/c1-18-29(24-10-7-22(16-27(24)49-18)26-12-9-21-6-5-20-4-3-13-45-33(20)34(21)46-26)31-32(37(41,42)38(43,44)36(31,39)40)30-19(2)50-28-17-23(8-11-25(28)30)35-47-14-15-48-35/h3-13,16-17,35H,14-15H2,1-2H3. The molecule has 0 unspecified atom stereocenters. The van der Waals surface area contributed by atoms with E-state index in [0.29, 0.717) is 45.0 Å². The van der Waals surface area contributed by atoms with Crippen molar-refractivity contribution in [3.63, 3.8) is 0 Å². The van der Waals surface area contributed by atoms with E-state index in [2.05, 4.69) is 4.98 Å². The number of allylic oxidation sites excluding steroid dienone is 2. The first-order valence-electron chi connectivity index (χ1n) is 15.7. The van der Waals surface area contributed by atoms with Crippen LogP contribution in [0.4, 0.5) is 26.3 Å². The third-order valence-corrected chi connectivity index (χ3v) is 11.7. The number of nitrogens with zero attached hydrogens (tertiary/aromatic N) is 2. The number of pyridine rings is 2. The van der Waals surface area contributed by atoms with Gasteiger partial charge >= 0.3 is 17.8 Å². The van der Waals surface area contributed by atoms with Crippen LogP contribution >= 0.6 is 22.7 Å². The van der Waals surface area contributed by atoms with Crippen LogP contribution in [0.1, 0.15) is 32.7 Å². The highest BCUT2D eigenvalue weighted by Gasteiger charge is 2.80. The number of rotatable bonds is 4. The molecule has 7 aromatic rings. The van der Waals surface area contributed by atoms with E-state index >= 15 is 26.3 Å². The number of halogens is 6. The van der Waals surface area contributed by atoms with E-state index in [9.17, 15) is 0 Å². The van der Waals surface area contributed by atoms with E-state index in [-0.39, 0.29) is 31.7 Å². The maximum Gasteiger partial charge on any atom is 0.380 e. The molecular weight excluding hydrogens is 695 g/mol. The van der Waals surface area contributed by atoms with Gasteiger partial charge in [-0.1, -0.05) is 48.5 Å². The molecule has 5 heterocycles. The monoisotopic (exact) mass is 718 g/mol. The van der Waals surface area contributed by atoms with Crippen LogP contribution < -0.4 is 0 Å². The van der Waals surface area contributed by atoms with Crippen LogP contribution in [0.25, 0.3) is 64.4 Å². The van der Waals surface area contributed by atoms with Gasteiger partial charge in [0.15, 0.2) is 6.29 Å². The molecule has 4 nitrogen and oxygen atoms in total. The summed E-state index contributed by atoms with van der Waals surface area (Å²) in [7, 11) is 0. The third-order valence-electron chi connectivity index (χ3n) is 9.54. The van der Waals surface area contributed by atoms with Crippen molar-refractivity contribution in [2.45, 2.75) is 37.9 Å². The highest BCUT2D eigenvalue weighted by Crippen LogP contribution is 2.67. The first-order chi connectivity index (χ1) is 23.9. The molecule has 0 spiro atoms. The Hall–Kier alpha value is -4.36. The molecule has 0 bridgehead atoms. The summed E-state index contributed by atoms with van der Waals surface area (Å²) >= 11 is 2.15. The minimum Gasteiger partial charge on any atom is -0.346 e. The number of alkyl halides is 6. The lowest BCUT2D eigenvalue weighted by molar-refractivity contribution is -0.254. The molecule has 1 aliphatic carbocycles. The molecule has 1 aliphatic heterocycles. The van der Waals surface area contributed by atoms with Crippen molar-refractivity contribution >= 4 is 75.8 Å². The van der Waals surface area contributed by atoms with Crippen molar-refractivity contribution in [3.8, 4) is 11.3 Å². The lowest BCUT2D eigenvalue weighted by atomic mass is 9.91. The van der Waals surface area contributed by atoms with Gasteiger partial charge in [0.1, 0.15) is 0 Å². The van der Waals surface area contributed by atoms with Gasteiger partial charge in [-0.05, 0) is 38.1 Å². The topological polar surface area (TPSA) is 44.2 Å². The largest absolute Gasteiger partial charge is 0.380 e. The highest BCUT2D eigenvalue weighted by molar-refractivity contribution is 7.19. The molecule has 2 aliphatic rings. The number of benzene rings is 3. The van der Waals surface area contributed by atoms with Crippen LogP contribution in [0, 0.1) is 13.8 Å². The summed E-state index contributed by atoms with van der Waals surface area (Å²) in [6.07, 6.45) is 1.03. The first-order valence-corrected chi connectivity index (χ1v) is 17.4. The summed E-state index contributed by atoms with van der Waals surface area (Å²) in [5, 5.41) is 2.16. The molecule has 50 heavy (non-hydrogen) atoms. The average Bonchev–Trinajstić information content (AvgIpc) is 3.84. The number of ether oxygens (including phenoxy) is 2. The van der Waals surface area contributed by atoms with E-state index < -0.39 is 35.2 Å². The molecule has 12 heteroatoms. The van der Waals surface area contributed by atoms with Gasteiger partial charge < -0.3 is 9.47 Å². The first kappa shape index (κ1) is 31.6. The van der Waals surface area contributed by atoms with Crippen LogP contribution in [-0.2, 0) is 9.47 Å². The van der Waals surface area contributed by atoms with E-state index in [1.165, 1.54) is 26.0 Å². The van der Waals surface area contributed by atoms with Gasteiger partial charge in [-0.2, -0.15) is 26.3 Å². The van der Waals surface area contributed by atoms with E-state index in [1.807, 2.05) is 36.4 Å².